The molecule has 0 fully saturated rings. The number of thioether (sulfide) groups is 1. The summed E-state index contributed by atoms with van der Waals surface area (Å²) >= 11 is 1.62. The average molecular weight is 183 g/mol. The van der Waals surface area contributed by atoms with E-state index in [0.717, 1.165) is 5.03 Å². The van der Waals surface area contributed by atoms with Crippen LogP contribution in [-0.4, -0.2) is 17.3 Å². The third-order valence-corrected chi connectivity index (χ3v) is 1.91. The largest absolute Gasteiger partial charge is 0.475 e. The predicted molar refractivity (Wildman–Crippen MR) is 51.8 cm³/mol. The Kier molecular flexibility index (Phi) is 3.41. The molecule has 0 atom stereocenters. The van der Waals surface area contributed by atoms with Crippen LogP contribution in [0.15, 0.2) is 23.2 Å². The van der Waals surface area contributed by atoms with Gasteiger partial charge in [-0.1, -0.05) is 6.07 Å². The average Bonchev–Trinajstić information content (AvgIpc) is 2.03. The van der Waals surface area contributed by atoms with Crippen molar-refractivity contribution in [2.24, 2.45) is 0 Å². The van der Waals surface area contributed by atoms with Gasteiger partial charge in [0.05, 0.1) is 11.1 Å². The van der Waals surface area contributed by atoms with E-state index in [2.05, 4.69) is 4.98 Å². The lowest BCUT2D eigenvalue weighted by molar-refractivity contribution is 0.231. The highest BCUT2D eigenvalue weighted by Gasteiger charge is 1.99. The molecular weight excluding hydrogens is 170 g/mol. The normalized spacial score (nSPS) is 10.3. The molecule has 0 aromatic carbocycles. The number of hydrogen-bond donors (Lipinski definition) is 0. The highest BCUT2D eigenvalue weighted by atomic mass is 32.2. The Bertz CT molecular complexity index is 250. The molecule has 0 amide bonds. The second-order valence-corrected chi connectivity index (χ2v) is 3.51. The lowest BCUT2D eigenvalue weighted by Crippen LogP contribution is -2.06. The molecule has 0 bridgehead atoms. The van der Waals surface area contributed by atoms with Crippen LogP contribution in [0.5, 0.6) is 5.88 Å². The summed E-state index contributed by atoms with van der Waals surface area (Å²) in [6.07, 6.45) is 2.19. The summed E-state index contributed by atoms with van der Waals surface area (Å²) in [5.41, 5.74) is 0. The molecule has 0 unspecified atom stereocenters. The maximum atomic E-state index is 5.43. The molecule has 2 nitrogen and oxygen atoms in total. The fraction of sp³-hybridized carbons (Fsp3) is 0.444. The first kappa shape index (κ1) is 9.39. The lowest BCUT2D eigenvalue weighted by atomic mass is 10.4. The Morgan fingerprint density at radius 2 is 2.17 bits per heavy atom. The maximum Gasteiger partial charge on any atom is 0.214 e. The van der Waals surface area contributed by atoms with Gasteiger partial charge in [0.15, 0.2) is 0 Å². The predicted octanol–water partition coefficient (Wildman–Crippen LogP) is 2.59. The fourth-order valence-electron chi connectivity index (χ4n) is 0.817. The smallest absolute Gasteiger partial charge is 0.214 e. The Morgan fingerprint density at radius 3 is 2.75 bits per heavy atom. The molecule has 12 heavy (non-hydrogen) atoms. The van der Waals surface area contributed by atoms with E-state index in [1.54, 1.807) is 11.8 Å². The zero-order chi connectivity index (χ0) is 8.97. The summed E-state index contributed by atoms with van der Waals surface area (Å²) in [5.74, 6) is 0.705. The summed E-state index contributed by atoms with van der Waals surface area (Å²) in [7, 11) is 0. The Labute approximate surface area is 77.3 Å². The van der Waals surface area contributed by atoms with Crippen molar-refractivity contribution >= 4 is 11.8 Å². The zero-order valence-electron chi connectivity index (χ0n) is 7.57. The quantitative estimate of drug-likeness (QED) is 0.672. The van der Waals surface area contributed by atoms with Crippen LogP contribution in [0.2, 0.25) is 0 Å². The molecule has 0 saturated heterocycles. The van der Waals surface area contributed by atoms with E-state index in [0.29, 0.717) is 5.88 Å². The first-order valence-corrected chi connectivity index (χ1v) is 5.12. The highest BCUT2D eigenvalue weighted by Crippen LogP contribution is 2.16. The van der Waals surface area contributed by atoms with Crippen molar-refractivity contribution in [3.63, 3.8) is 0 Å². The number of rotatable bonds is 3. The molecule has 0 N–H and O–H groups in total. The van der Waals surface area contributed by atoms with Gasteiger partial charge in [-0.05, 0) is 26.2 Å². The molecule has 0 spiro atoms. The Hall–Kier alpha value is -0.700. The summed E-state index contributed by atoms with van der Waals surface area (Å²) < 4.78 is 5.43. The summed E-state index contributed by atoms with van der Waals surface area (Å²) in [5, 5.41) is 0.994. The van der Waals surface area contributed by atoms with Crippen molar-refractivity contribution in [3.8, 4) is 5.88 Å². The molecule has 1 aromatic heterocycles. The van der Waals surface area contributed by atoms with Gasteiger partial charge < -0.3 is 4.74 Å². The van der Waals surface area contributed by atoms with E-state index < -0.39 is 0 Å². The third-order valence-electron chi connectivity index (χ3n) is 1.26. The van der Waals surface area contributed by atoms with E-state index in [1.165, 1.54) is 0 Å². The van der Waals surface area contributed by atoms with Crippen molar-refractivity contribution in [2.75, 3.05) is 6.26 Å². The molecule has 0 radical (unpaired) electrons. The van der Waals surface area contributed by atoms with Gasteiger partial charge in [-0.2, -0.15) is 0 Å². The first-order chi connectivity index (χ1) is 5.72. The second-order valence-electron chi connectivity index (χ2n) is 2.68. The Morgan fingerprint density at radius 1 is 1.42 bits per heavy atom. The van der Waals surface area contributed by atoms with Crippen LogP contribution in [0.25, 0.3) is 0 Å². The molecule has 0 aliphatic rings. The fourth-order valence-corrected chi connectivity index (χ4v) is 1.21. The number of aromatic nitrogens is 1. The molecule has 1 rings (SSSR count). The van der Waals surface area contributed by atoms with Crippen LogP contribution in [0, 0.1) is 0 Å². The first-order valence-electron chi connectivity index (χ1n) is 3.90. The van der Waals surface area contributed by atoms with Gasteiger partial charge in [-0.25, -0.2) is 4.98 Å². The molecule has 3 heteroatoms. The van der Waals surface area contributed by atoms with E-state index in [9.17, 15) is 0 Å². The van der Waals surface area contributed by atoms with Crippen LogP contribution in [0.1, 0.15) is 13.8 Å². The zero-order valence-corrected chi connectivity index (χ0v) is 8.39. The molecule has 1 aromatic rings. The van der Waals surface area contributed by atoms with Crippen LogP contribution >= 0.6 is 11.8 Å². The molecule has 0 aliphatic heterocycles. The van der Waals surface area contributed by atoms with E-state index in [-0.39, 0.29) is 6.10 Å². The van der Waals surface area contributed by atoms with Gasteiger partial charge in [0, 0.05) is 6.07 Å². The molecule has 1 heterocycles. The van der Waals surface area contributed by atoms with Crippen molar-refractivity contribution < 1.29 is 4.74 Å². The van der Waals surface area contributed by atoms with Crippen molar-refractivity contribution in [2.45, 2.75) is 25.0 Å². The van der Waals surface area contributed by atoms with E-state index >= 15 is 0 Å². The highest BCUT2D eigenvalue weighted by molar-refractivity contribution is 7.98. The molecule has 0 aliphatic carbocycles. The topological polar surface area (TPSA) is 22.1 Å². The van der Waals surface area contributed by atoms with Gasteiger partial charge in [0.2, 0.25) is 5.88 Å². The van der Waals surface area contributed by atoms with Crippen LogP contribution in [0.3, 0.4) is 0 Å². The number of hydrogen-bond acceptors (Lipinski definition) is 3. The summed E-state index contributed by atoms with van der Waals surface area (Å²) in [6, 6.07) is 5.80. The minimum atomic E-state index is 0.189. The second kappa shape index (κ2) is 4.36. The van der Waals surface area contributed by atoms with Crippen LogP contribution < -0.4 is 4.74 Å². The Balaban J connectivity index is 2.72. The summed E-state index contributed by atoms with van der Waals surface area (Å²) in [4.78, 5) is 4.27. The molecular formula is C9H13NOS. The molecule has 66 valence electrons. The van der Waals surface area contributed by atoms with Crippen LogP contribution in [-0.2, 0) is 0 Å². The van der Waals surface area contributed by atoms with Crippen molar-refractivity contribution in [1.82, 2.24) is 4.98 Å². The third kappa shape index (κ3) is 2.74. The van der Waals surface area contributed by atoms with Gasteiger partial charge >= 0.3 is 0 Å². The minimum Gasteiger partial charge on any atom is -0.475 e. The number of pyridine rings is 1. The number of ether oxygens (including phenoxy) is 1. The van der Waals surface area contributed by atoms with E-state index in [4.69, 9.17) is 4.74 Å². The van der Waals surface area contributed by atoms with Crippen LogP contribution in [0.4, 0.5) is 0 Å². The van der Waals surface area contributed by atoms with Gasteiger partial charge in [-0.15, -0.1) is 11.8 Å². The monoisotopic (exact) mass is 183 g/mol. The maximum absolute atomic E-state index is 5.43. The summed E-state index contributed by atoms with van der Waals surface area (Å²) in [6.45, 7) is 3.99. The van der Waals surface area contributed by atoms with Crippen molar-refractivity contribution in [3.05, 3.63) is 18.2 Å². The van der Waals surface area contributed by atoms with Gasteiger partial charge in [0.25, 0.3) is 0 Å². The SMILES string of the molecule is CSc1cccc(OC(C)C)n1. The van der Waals surface area contributed by atoms with Gasteiger partial charge in [0.1, 0.15) is 0 Å². The van der Waals surface area contributed by atoms with E-state index in [1.807, 2.05) is 38.3 Å². The lowest BCUT2D eigenvalue weighted by Gasteiger charge is -2.08. The molecule has 0 saturated carbocycles. The van der Waals surface area contributed by atoms with Crippen molar-refractivity contribution in [1.29, 1.82) is 0 Å². The standard InChI is InChI=1S/C9H13NOS/c1-7(2)11-8-5-4-6-9(10-8)12-3/h4-7H,1-3H3. The number of nitrogens with zero attached hydrogens (tertiary/aromatic N) is 1. The van der Waals surface area contributed by atoms with Gasteiger partial charge in [-0.3, -0.25) is 0 Å². The minimum absolute atomic E-state index is 0.189.